The van der Waals surface area contributed by atoms with Gasteiger partial charge in [-0.05, 0) is 12.8 Å². The van der Waals surface area contributed by atoms with E-state index in [4.69, 9.17) is 5.84 Å². The van der Waals surface area contributed by atoms with Crippen molar-refractivity contribution in [1.29, 1.82) is 0 Å². The monoisotopic (exact) mass is 187 g/mol. The van der Waals surface area contributed by atoms with Crippen LogP contribution in [0.5, 0.6) is 0 Å². The highest BCUT2D eigenvalue weighted by molar-refractivity contribution is 5.85. The molecule has 0 bridgehead atoms. The molecule has 0 aliphatic carbocycles. The first-order valence-corrected chi connectivity index (χ1v) is 4.05. The minimum atomic E-state index is -0.480. The van der Waals surface area contributed by atoms with Gasteiger partial charge >= 0.3 is 6.09 Å². The highest BCUT2D eigenvalue weighted by atomic mass is 16.5. The maximum absolute atomic E-state index is 11.2. The molecule has 3 N–H and O–H groups in total. The van der Waals surface area contributed by atoms with Crippen LogP contribution in [0, 0.1) is 0 Å². The maximum atomic E-state index is 11.2. The SMILES string of the molecule is COC(=O)N1CCCC1C(=O)NN. The lowest BCUT2D eigenvalue weighted by atomic mass is 10.2. The summed E-state index contributed by atoms with van der Waals surface area (Å²) >= 11 is 0. The minimum Gasteiger partial charge on any atom is -0.453 e. The summed E-state index contributed by atoms with van der Waals surface area (Å²) in [6, 6.07) is -0.475. The van der Waals surface area contributed by atoms with E-state index >= 15 is 0 Å². The summed E-state index contributed by atoms with van der Waals surface area (Å²) < 4.78 is 4.53. The number of nitrogens with zero attached hydrogens (tertiary/aromatic N) is 1. The normalized spacial score (nSPS) is 21.4. The van der Waals surface area contributed by atoms with Crippen molar-refractivity contribution in [1.82, 2.24) is 10.3 Å². The van der Waals surface area contributed by atoms with Gasteiger partial charge in [0, 0.05) is 6.54 Å². The molecule has 0 radical (unpaired) electrons. The quantitative estimate of drug-likeness (QED) is 0.320. The fraction of sp³-hybridized carbons (Fsp3) is 0.714. The lowest BCUT2D eigenvalue weighted by molar-refractivity contribution is -0.125. The Morgan fingerprint density at radius 3 is 2.85 bits per heavy atom. The summed E-state index contributed by atoms with van der Waals surface area (Å²) in [6.07, 6.45) is 0.955. The molecule has 0 saturated carbocycles. The van der Waals surface area contributed by atoms with E-state index in [9.17, 15) is 9.59 Å². The number of rotatable bonds is 1. The Hall–Kier alpha value is -1.30. The molecule has 1 fully saturated rings. The van der Waals surface area contributed by atoms with Gasteiger partial charge in [-0.2, -0.15) is 0 Å². The zero-order valence-corrected chi connectivity index (χ0v) is 7.45. The topological polar surface area (TPSA) is 84.7 Å². The van der Waals surface area contributed by atoms with Crippen LogP contribution in [-0.4, -0.2) is 36.6 Å². The number of nitrogens with one attached hydrogen (secondary N) is 1. The molecule has 0 aromatic rings. The number of amides is 2. The fourth-order valence-corrected chi connectivity index (χ4v) is 1.47. The predicted molar refractivity (Wildman–Crippen MR) is 44.5 cm³/mol. The second-order valence-electron chi connectivity index (χ2n) is 2.83. The van der Waals surface area contributed by atoms with Gasteiger partial charge < -0.3 is 4.74 Å². The standard InChI is InChI=1S/C7H13N3O3/c1-13-7(12)10-4-2-3-5(10)6(11)9-8/h5H,2-4,8H2,1H3,(H,9,11). The summed E-state index contributed by atoms with van der Waals surface area (Å²) in [5.41, 5.74) is 2.03. The molecular weight excluding hydrogens is 174 g/mol. The van der Waals surface area contributed by atoms with Crippen molar-refractivity contribution >= 4 is 12.0 Å². The molecular formula is C7H13N3O3. The third-order valence-corrected chi connectivity index (χ3v) is 2.11. The molecule has 1 rings (SSSR count). The van der Waals surface area contributed by atoms with Crippen molar-refractivity contribution in [2.45, 2.75) is 18.9 Å². The van der Waals surface area contributed by atoms with Gasteiger partial charge in [0.1, 0.15) is 6.04 Å². The zero-order valence-electron chi connectivity index (χ0n) is 7.45. The van der Waals surface area contributed by atoms with Gasteiger partial charge in [0.15, 0.2) is 0 Å². The van der Waals surface area contributed by atoms with Crippen molar-refractivity contribution in [3.05, 3.63) is 0 Å². The number of likely N-dealkylation sites (tertiary alicyclic amines) is 1. The number of ether oxygens (including phenoxy) is 1. The number of hydrogen-bond acceptors (Lipinski definition) is 4. The highest BCUT2D eigenvalue weighted by Gasteiger charge is 2.34. The Morgan fingerprint density at radius 1 is 1.62 bits per heavy atom. The lowest BCUT2D eigenvalue weighted by Gasteiger charge is -2.21. The third-order valence-electron chi connectivity index (χ3n) is 2.11. The van der Waals surface area contributed by atoms with Crippen LogP contribution >= 0.6 is 0 Å². The van der Waals surface area contributed by atoms with Crippen LogP contribution in [0.15, 0.2) is 0 Å². The van der Waals surface area contributed by atoms with Crippen molar-refractivity contribution in [2.24, 2.45) is 5.84 Å². The predicted octanol–water partition coefficient (Wildman–Crippen LogP) is -0.793. The summed E-state index contributed by atoms with van der Waals surface area (Å²) in [6.45, 7) is 0.546. The van der Waals surface area contributed by atoms with Crippen molar-refractivity contribution < 1.29 is 14.3 Å². The number of carbonyl (C=O) groups excluding carboxylic acids is 2. The molecule has 1 aliphatic heterocycles. The van der Waals surface area contributed by atoms with E-state index in [2.05, 4.69) is 4.74 Å². The Labute approximate surface area is 76.0 Å². The van der Waals surface area contributed by atoms with E-state index in [0.29, 0.717) is 13.0 Å². The van der Waals surface area contributed by atoms with Crippen LogP contribution in [-0.2, 0) is 9.53 Å². The van der Waals surface area contributed by atoms with Gasteiger partial charge in [-0.1, -0.05) is 0 Å². The largest absolute Gasteiger partial charge is 0.453 e. The highest BCUT2D eigenvalue weighted by Crippen LogP contribution is 2.17. The summed E-state index contributed by atoms with van der Waals surface area (Å²) in [4.78, 5) is 23.7. The van der Waals surface area contributed by atoms with Gasteiger partial charge in [-0.25, -0.2) is 10.6 Å². The number of carbonyl (C=O) groups is 2. The fourth-order valence-electron chi connectivity index (χ4n) is 1.47. The third kappa shape index (κ3) is 1.89. The van der Waals surface area contributed by atoms with Crippen molar-refractivity contribution in [3.8, 4) is 0 Å². The number of methoxy groups -OCH3 is 1. The van der Waals surface area contributed by atoms with Crippen LogP contribution in [0.4, 0.5) is 4.79 Å². The van der Waals surface area contributed by atoms with Gasteiger partial charge in [0.25, 0.3) is 5.91 Å². The molecule has 1 unspecified atom stereocenters. The van der Waals surface area contributed by atoms with Crippen LogP contribution in [0.3, 0.4) is 0 Å². The second-order valence-corrected chi connectivity index (χ2v) is 2.83. The van der Waals surface area contributed by atoms with E-state index in [1.165, 1.54) is 12.0 Å². The lowest BCUT2D eigenvalue weighted by Crippen LogP contribution is -2.48. The summed E-state index contributed by atoms with van der Waals surface area (Å²) in [5, 5.41) is 0. The average Bonchev–Trinajstić information content (AvgIpc) is 2.63. The Kier molecular flexibility index (Phi) is 3.07. The molecule has 0 aromatic carbocycles. The molecule has 1 saturated heterocycles. The van der Waals surface area contributed by atoms with Gasteiger partial charge in [-0.3, -0.25) is 15.1 Å². The Bertz CT molecular complexity index is 197. The number of hydrazine groups is 1. The van der Waals surface area contributed by atoms with E-state index in [0.717, 1.165) is 6.42 Å². The summed E-state index contributed by atoms with van der Waals surface area (Å²) in [7, 11) is 1.29. The molecule has 1 heterocycles. The molecule has 74 valence electrons. The molecule has 1 aliphatic rings. The molecule has 6 nitrogen and oxygen atoms in total. The van der Waals surface area contributed by atoms with Gasteiger partial charge in [-0.15, -0.1) is 0 Å². The van der Waals surface area contributed by atoms with E-state index in [1.807, 2.05) is 5.43 Å². The molecule has 2 amide bonds. The Balaban J connectivity index is 2.63. The van der Waals surface area contributed by atoms with Gasteiger partial charge in [0.05, 0.1) is 7.11 Å². The van der Waals surface area contributed by atoms with Crippen molar-refractivity contribution in [3.63, 3.8) is 0 Å². The van der Waals surface area contributed by atoms with E-state index in [1.54, 1.807) is 0 Å². The first kappa shape index (κ1) is 9.79. The average molecular weight is 187 g/mol. The van der Waals surface area contributed by atoms with Gasteiger partial charge in [0.2, 0.25) is 0 Å². The zero-order chi connectivity index (χ0) is 9.84. The molecule has 1 atom stereocenters. The molecule has 0 spiro atoms. The van der Waals surface area contributed by atoms with Crippen LogP contribution < -0.4 is 11.3 Å². The van der Waals surface area contributed by atoms with Crippen LogP contribution in [0.2, 0.25) is 0 Å². The minimum absolute atomic E-state index is 0.345. The second kappa shape index (κ2) is 4.08. The first-order valence-electron chi connectivity index (χ1n) is 4.05. The molecule has 13 heavy (non-hydrogen) atoms. The molecule has 0 aromatic heterocycles. The first-order chi connectivity index (χ1) is 6.20. The maximum Gasteiger partial charge on any atom is 0.410 e. The number of nitrogens with two attached hydrogens (primary N) is 1. The number of hydrogen-bond donors (Lipinski definition) is 2. The van der Waals surface area contributed by atoms with E-state index < -0.39 is 12.1 Å². The van der Waals surface area contributed by atoms with Crippen LogP contribution in [0.25, 0.3) is 0 Å². The molecule has 6 heteroatoms. The van der Waals surface area contributed by atoms with Crippen LogP contribution in [0.1, 0.15) is 12.8 Å². The van der Waals surface area contributed by atoms with E-state index in [-0.39, 0.29) is 5.91 Å². The Morgan fingerprint density at radius 2 is 2.31 bits per heavy atom. The summed E-state index contributed by atoms with van der Waals surface area (Å²) in [5.74, 6) is 4.63. The van der Waals surface area contributed by atoms with Crippen molar-refractivity contribution in [2.75, 3.05) is 13.7 Å². The smallest absolute Gasteiger partial charge is 0.410 e.